The Morgan fingerprint density at radius 3 is 3.00 bits per heavy atom. The second-order valence-electron chi connectivity index (χ2n) is 2.63. The van der Waals surface area contributed by atoms with Crippen LogP contribution in [-0.4, -0.2) is 17.1 Å². The highest BCUT2D eigenvalue weighted by Crippen LogP contribution is 2.18. The van der Waals surface area contributed by atoms with Crippen molar-refractivity contribution in [2.75, 3.05) is 12.8 Å². The van der Waals surface area contributed by atoms with E-state index < -0.39 is 0 Å². The first kappa shape index (κ1) is 7.79. The molecule has 0 unspecified atom stereocenters. The first-order valence-corrected chi connectivity index (χ1v) is 3.86. The number of hydrogen-bond acceptors (Lipinski definition) is 4. The molecule has 1 aromatic carbocycles. The molecule has 0 atom stereocenters. The van der Waals surface area contributed by atoms with Gasteiger partial charge in [-0.05, 0) is 12.1 Å². The van der Waals surface area contributed by atoms with Gasteiger partial charge >= 0.3 is 0 Å². The number of methoxy groups -OCH3 is 1. The molecule has 0 amide bonds. The summed E-state index contributed by atoms with van der Waals surface area (Å²) in [5.41, 5.74) is 7.80. The zero-order chi connectivity index (χ0) is 9.26. The lowest BCUT2D eigenvalue weighted by Crippen LogP contribution is -1.93. The Morgan fingerprint density at radius 2 is 2.23 bits per heavy atom. The number of para-hydroxylation sites is 1. The van der Waals surface area contributed by atoms with Crippen LogP contribution in [0.15, 0.2) is 24.4 Å². The third-order valence-electron chi connectivity index (χ3n) is 1.79. The second kappa shape index (κ2) is 2.90. The molecule has 0 aliphatic carbocycles. The molecule has 0 fully saturated rings. The molecule has 0 saturated carbocycles. The van der Waals surface area contributed by atoms with Crippen LogP contribution in [0.1, 0.15) is 0 Å². The van der Waals surface area contributed by atoms with Crippen LogP contribution in [0.3, 0.4) is 0 Å². The van der Waals surface area contributed by atoms with Crippen LogP contribution in [0.2, 0.25) is 0 Å². The van der Waals surface area contributed by atoms with Gasteiger partial charge in [0.1, 0.15) is 5.52 Å². The van der Waals surface area contributed by atoms with E-state index in [1.54, 1.807) is 19.4 Å². The van der Waals surface area contributed by atoms with Gasteiger partial charge in [0.25, 0.3) is 0 Å². The zero-order valence-electron chi connectivity index (χ0n) is 7.19. The molecule has 0 bridgehead atoms. The monoisotopic (exact) mass is 175 g/mol. The van der Waals surface area contributed by atoms with E-state index in [-0.39, 0.29) is 0 Å². The van der Waals surface area contributed by atoms with Crippen LogP contribution < -0.4 is 10.5 Å². The van der Waals surface area contributed by atoms with Crippen molar-refractivity contribution in [3.63, 3.8) is 0 Å². The van der Waals surface area contributed by atoms with Gasteiger partial charge in [-0.25, -0.2) is 9.97 Å². The average molecular weight is 175 g/mol. The van der Waals surface area contributed by atoms with Gasteiger partial charge in [-0.15, -0.1) is 0 Å². The van der Waals surface area contributed by atoms with Crippen molar-refractivity contribution in [3.8, 4) is 5.88 Å². The van der Waals surface area contributed by atoms with Gasteiger partial charge in [0.05, 0.1) is 24.5 Å². The smallest absolute Gasteiger partial charge is 0.232 e. The fraction of sp³-hybridized carbons (Fsp3) is 0.111. The van der Waals surface area contributed by atoms with Crippen LogP contribution in [0.4, 0.5) is 5.69 Å². The lowest BCUT2D eigenvalue weighted by atomic mass is 10.2. The molecule has 13 heavy (non-hydrogen) atoms. The highest BCUT2D eigenvalue weighted by Gasteiger charge is 2.01. The van der Waals surface area contributed by atoms with Crippen LogP contribution in [0.5, 0.6) is 5.88 Å². The van der Waals surface area contributed by atoms with Crippen molar-refractivity contribution >= 4 is 16.7 Å². The van der Waals surface area contributed by atoms with E-state index in [4.69, 9.17) is 10.5 Å². The highest BCUT2D eigenvalue weighted by molar-refractivity contribution is 5.86. The van der Waals surface area contributed by atoms with E-state index >= 15 is 0 Å². The summed E-state index contributed by atoms with van der Waals surface area (Å²) in [7, 11) is 1.56. The Morgan fingerprint density at radius 1 is 1.38 bits per heavy atom. The molecule has 4 heteroatoms. The molecule has 2 aromatic rings. The van der Waals surface area contributed by atoms with Crippen molar-refractivity contribution in [3.05, 3.63) is 24.4 Å². The summed E-state index contributed by atoms with van der Waals surface area (Å²) in [6.07, 6.45) is 1.55. The number of nitrogen functional groups attached to an aromatic ring is 1. The first-order chi connectivity index (χ1) is 6.31. The van der Waals surface area contributed by atoms with Gasteiger partial charge in [-0.3, -0.25) is 0 Å². The largest absolute Gasteiger partial charge is 0.480 e. The number of rotatable bonds is 1. The zero-order valence-corrected chi connectivity index (χ0v) is 7.19. The SMILES string of the molecule is COc1cnc2c(N)cccc2n1. The Kier molecular flexibility index (Phi) is 1.73. The van der Waals surface area contributed by atoms with Gasteiger partial charge in [0.15, 0.2) is 0 Å². The van der Waals surface area contributed by atoms with E-state index in [0.717, 1.165) is 5.52 Å². The maximum Gasteiger partial charge on any atom is 0.232 e. The summed E-state index contributed by atoms with van der Waals surface area (Å²) in [5, 5.41) is 0. The molecule has 2 N–H and O–H groups in total. The van der Waals surface area contributed by atoms with Crippen LogP contribution in [0.25, 0.3) is 11.0 Å². The van der Waals surface area contributed by atoms with Gasteiger partial charge in [-0.2, -0.15) is 0 Å². The number of aromatic nitrogens is 2. The Labute approximate surface area is 75.4 Å². The normalized spacial score (nSPS) is 10.2. The Bertz CT molecular complexity index is 442. The van der Waals surface area contributed by atoms with Gasteiger partial charge in [0.2, 0.25) is 5.88 Å². The van der Waals surface area contributed by atoms with Crippen LogP contribution >= 0.6 is 0 Å². The van der Waals surface area contributed by atoms with Crippen molar-refractivity contribution in [1.29, 1.82) is 0 Å². The predicted molar refractivity (Wildman–Crippen MR) is 50.5 cm³/mol. The molecule has 4 nitrogen and oxygen atoms in total. The third kappa shape index (κ3) is 1.26. The molecule has 0 radical (unpaired) electrons. The molecule has 1 aromatic heterocycles. The summed E-state index contributed by atoms with van der Waals surface area (Å²) in [6.45, 7) is 0. The lowest BCUT2D eigenvalue weighted by molar-refractivity contribution is 0.398. The average Bonchev–Trinajstić information content (AvgIpc) is 2.18. The molecular formula is C9H9N3O. The summed E-state index contributed by atoms with van der Waals surface area (Å²) in [5.74, 6) is 0.498. The first-order valence-electron chi connectivity index (χ1n) is 3.86. The van der Waals surface area contributed by atoms with Crippen LogP contribution in [0, 0.1) is 0 Å². The highest BCUT2D eigenvalue weighted by atomic mass is 16.5. The van der Waals surface area contributed by atoms with E-state index in [9.17, 15) is 0 Å². The number of anilines is 1. The minimum atomic E-state index is 0.498. The molecule has 1 heterocycles. The quantitative estimate of drug-likeness (QED) is 0.662. The Hall–Kier alpha value is -1.84. The summed E-state index contributed by atoms with van der Waals surface area (Å²) < 4.78 is 4.95. The Balaban J connectivity index is 2.72. The van der Waals surface area contributed by atoms with Crippen LogP contribution in [-0.2, 0) is 0 Å². The van der Waals surface area contributed by atoms with Gasteiger partial charge in [0, 0.05) is 0 Å². The summed E-state index contributed by atoms with van der Waals surface area (Å²) in [6, 6.07) is 5.48. The number of fused-ring (bicyclic) bond motifs is 1. The summed E-state index contributed by atoms with van der Waals surface area (Å²) >= 11 is 0. The molecule has 0 saturated heterocycles. The van der Waals surface area contributed by atoms with Crippen molar-refractivity contribution in [2.24, 2.45) is 0 Å². The van der Waals surface area contributed by atoms with Crippen molar-refractivity contribution in [2.45, 2.75) is 0 Å². The lowest BCUT2D eigenvalue weighted by Gasteiger charge is -2.01. The van der Waals surface area contributed by atoms with E-state index in [1.165, 1.54) is 0 Å². The second-order valence-corrected chi connectivity index (χ2v) is 2.63. The number of ether oxygens (including phenoxy) is 1. The van der Waals surface area contributed by atoms with E-state index in [0.29, 0.717) is 17.1 Å². The fourth-order valence-electron chi connectivity index (χ4n) is 1.15. The molecule has 66 valence electrons. The molecule has 0 aliphatic heterocycles. The minimum absolute atomic E-state index is 0.498. The van der Waals surface area contributed by atoms with E-state index in [1.807, 2.05) is 12.1 Å². The number of hydrogen-bond donors (Lipinski definition) is 1. The molecule has 0 aliphatic rings. The topological polar surface area (TPSA) is 61.0 Å². The maximum absolute atomic E-state index is 5.70. The number of benzene rings is 1. The summed E-state index contributed by atoms with van der Waals surface area (Å²) in [4.78, 5) is 8.33. The van der Waals surface area contributed by atoms with Gasteiger partial charge < -0.3 is 10.5 Å². The van der Waals surface area contributed by atoms with Gasteiger partial charge in [-0.1, -0.05) is 6.07 Å². The number of nitrogens with zero attached hydrogens (tertiary/aromatic N) is 2. The molecule has 2 rings (SSSR count). The fourth-order valence-corrected chi connectivity index (χ4v) is 1.15. The molecular weight excluding hydrogens is 166 g/mol. The van der Waals surface area contributed by atoms with E-state index in [2.05, 4.69) is 9.97 Å². The minimum Gasteiger partial charge on any atom is -0.480 e. The maximum atomic E-state index is 5.70. The molecule has 0 spiro atoms. The van der Waals surface area contributed by atoms with Crippen molar-refractivity contribution < 1.29 is 4.74 Å². The third-order valence-corrected chi connectivity index (χ3v) is 1.79. The standard InChI is InChI=1S/C9H9N3O/c1-13-8-5-11-9-6(10)3-2-4-7(9)12-8/h2-5H,10H2,1H3. The number of nitrogens with two attached hydrogens (primary N) is 1. The van der Waals surface area contributed by atoms with Crippen molar-refractivity contribution in [1.82, 2.24) is 9.97 Å². The predicted octanol–water partition coefficient (Wildman–Crippen LogP) is 1.22.